The molecular formula is C19H19N5O2. The van der Waals surface area contributed by atoms with E-state index in [2.05, 4.69) is 15.5 Å². The molecule has 0 bridgehead atoms. The molecule has 1 amide bonds. The van der Waals surface area contributed by atoms with E-state index < -0.39 is 0 Å². The number of carbonyl (C=O) groups excluding carboxylic acids is 1. The van der Waals surface area contributed by atoms with E-state index in [1.165, 1.54) is 4.68 Å². The molecule has 4 rings (SSSR count). The molecule has 7 heteroatoms. The first-order valence-corrected chi connectivity index (χ1v) is 8.57. The number of carbonyl (C=O) groups is 1. The minimum atomic E-state index is -0.123. The number of aryl methyl sites for hydroxylation is 2. The second kappa shape index (κ2) is 6.59. The third-order valence-corrected chi connectivity index (χ3v) is 4.67. The predicted octanol–water partition coefficient (Wildman–Crippen LogP) is 1.25. The van der Waals surface area contributed by atoms with Crippen LogP contribution in [-0.2, 0) is 19.9 Å². The molecule has 3 aromatic rings. The van der Waals surface area contributed by atoms with Crippen LogP contribution in [0, 0.1) is 0 Å². The Hall–Kier alpha value is -3.22. The van der Waals surface area contributed by atoms with Crippen LogP contribution in [0.5, 0.6) is 0 Å². The molecule has 0 aliphatic heterocycles. The van der Waals surface area contributed by atoms with Gasteiger partial charge in [-0.15, -0.1) is 0 Å². The van der Waals surface area contributed by atoms with Crippen molar-refractivity contribution >= 4 is 5.91 Å². The van der Waals surface area contributed by atoms with Crippen LogP contribution in [0.25, 0.3) is 5.69 Å². The van der Waals surface area contributed by atoms with E-state index in [0.717, 1.165) is 29.8 Å². The van der Waals surface area contributed by atoms with Crippen LogP contribution in [0.3, 0.4) is 0 Å². The molecular weight excluding hydrogens is 330 g/mol. The van der Waals surface area contributed by atoms with Crippen LogP contribution in [0.4, 0.5) is 0 Å². The first-order valence-electron chi connectivity index (χ1n) is 8.57. The average Bonchev–Trinajstić information content (AvgIpc) is 3.18. The summed E-state index contributed by atoms with van der Waals surface area (Å²) in [5.74, 6) is -0.121. The van der Waals surface area contributed by atoms with Gasteiger partial charge >= 0.3 is 0 Å². The lowest BCUT2D eigenvalue weighted by atomic mass is 9.92. The fourth-order valence-electron chi connectivity index (χ4n) is 3.29. The van der Waals surface area contributed by atoms with Gasteiger partial charge in [0, 0.05) is 37.1 Å². The Labute approximate surface area is 150 Å². The highest BCUT2D eigenvalue weighted by Gasteiger charge is 2.22. The van der Waals surface area contributed by atoms with Crippen LogP contribution >= 0.6 is 0 Å². The second-order valence-corrected chi connectivity index (χ2v) is 6.49. The van der Waals surface area contributed by atoms with Gasteiger partial charge in [0.1, 0.15) is 0 Å². The largest absolute Gasteiger partial charge is 0.349 e. The maximum atomic E-state index is 12.6. The summed E-state index contributed by atoms with van der Waals surface area (Å²) in [5.41, 5.74) is 3.17. The molecule has 0 radical (unpaired) electrons. The molecule has 1 aromatic carbocycles. The van der Waals surface area contributed by atoms with E-state index in [4.69, 9.17) is 0 Å². The van der Waals surface area contributed by atoms with E-state index in [1.807, 2.05) is 30.5 Å². The Morgan fingerprint density at radius 1 is 1.27 bits per heavy atom. The monoisotopic (exact) mass is 349 g/mol. The number of hydrogen-bond acceptors (Lipinski definition) is 4. The van der Waals surface area contributed by atoms with Crippen LogP contribution in [-0.4, -0.2) is 31.5 Å². The zero-order valence-electron chi connectivity index (χ0n) is 14.4. The smallest absolute Gasteiger partial charge is 0.266 e. The molecule has 132 valence electrons. The fraction of sp³-hybridized carbons (Fsp3) is 0.263. The minimum absolute atomic E-state index is 0.00253. The van der Waals surface area contributed by atoms with Crippen molar-refractivity contribution in [2.45, 2.75) is 25.3 Å². The number of amides is 1. The van der Waals surface area contributed by atoms with Gasteiger partial charge in [0.25, 0.3) is 11.5 Å². The lowest BCUT2D eigenvalue weighted by molar-refractivity contribution is 0.0933. The molecule has 0 unspecified atom stereocenters. The Bertz CT molecular complexity index is 1010. The summed E-state index contributed by atoms with van der Waals surface area (Å²) in [7, 11) is 1.66. The number of rotatable bonds is 3. The Balaban J connectivity index is 1.50. The fourth-order valence-corrected chi connectivity index (χ4v) is 3.29. The summed E-state index contributed by atoms with van der Waals surface area (Å²) in [6, 6.07) is 10.8. The summed E-state index contributed by atoms with van der Waals surface area (Å²) in [6.45, 7) is 0. The van der Waals surface area contributed by atoms with Crippen molar-refractivity contribution in [3.8, 4) is 5.69 Å². The maximum absolute atomic E-state index is 12.6. The molecule has 7 nitrogen and oxygen atoms in total. The molecule has 0 fully saturated rings. The first-order chi connectivity index (χ1) is 12.6. The van der Waals surface area contributed by atoms with Gasteiger partial charge in [0.05, 0.1) is 11.4 Å². The molecule has 1 aliphatic rings. The number of aromatic nitrogens is 4. The lowest BCUT2D eigenvalue weighted by Crippen LogP contribution is -2.40. The normalized spacial score (nSPS) is 16.1. The van der Waals surface area contributed by atoms with Crippen LogP contribution in [0.1, 0.15) is 28.0 Å². The minimum Gasteiger partial charge on any atom is -0.349 e. The van der Waals surface area contributed by atoms with E-state index in [1.54, 1.807) is 30.1 Å². The van der Waals surface area contributed by atoms with Gasteiger partial charge in [-0.3, -0.25) is 9.59 Å². The van der Waals surface area contributed by atoms with Gasteiger partial charge in [0.2, 0.25) is 0 Å². The summed E-state index contributed by atoms with van der Waals surface area (Å²) in [6.07, 6.45) is 5.72. The highest BCUT2D eigenvalue weighted by Crippen LogP contribution is 2.18. The van der Waals surface area contributed by atoms with Crippen LogP contribution < -0.4 is 10.9 Å². The standard InChI is InChI=1S/C19H19N5O2/c1-23-18(25)12-14-10-15(6-7-17(14)22-23)21-19(26)13-4-2-5-16(11-13)24-9-3-8-20-24/h2-5,8-9,11-12,15H,6-7,10H2,1H3,(H,21,26)/t15-/m1/s1. The zero-order chi connectivity index (χ0) is 18.1. The Morgan fingerprint density at radius 2 is 2.15 bits per heavy atom. The SMILES string of the molecule is Cn1nc2c(cc1=O)C[C@H](NC(=O)c1cccc(-n3cccn3)c1)CC2. The quantitative estimate of drug-likeness (QED) is 0.772. The highest BCUT2D eigenvalue weighted by atomic mass is 16.1. The number of benzene rings is 1. The topological polar surface area (TPSA) is 81.8 Å². The summed E-state index contributed by atoms with van der Waals surface area (Å²) in [5, 5.41) is 11.6. The molecule has 1 aliphatic carbocycles. The molecule has 1 atom stereocenters. The summed E-state index contributed by atoms with van der Waals surface area (Å²) in [4.78, 5) is 24.4. The summed E-state index contributed by atoms with van der Waals surface area (Å²) < 4.78 is 3.08. The van der Waals surface area contributed by atoms with Crippen molar-refractivity contribution in [3.63, 3.8) is 0 Å². The van der Waals surface area contributed by atoms with Crippen molar-refractivity contribution < 1.29 is 4.79 Å². The lowest BCUT2D eigenvalue weighted by Gasteiger charge is -2.25. The van der Waals surface area contributed by atoms with Gasteiger partial charge < -0.3 is 5.32 Å². The number of nitrogens with one attached hydrogen (secondary N) is 1. The van der Waals surface area contributed by atoms with E-state index in [9.17, 15) is 9.59 Å². The van der Waals surface area contributed by atoms with Gasteiger partial charge in [-0.1, -0.05) is 6.07 Å². The molecule has 1 N–H and O–H groups in total. The van der Waals surface area contributed by atoms with E-state index >= 15 is 0 Å². The second-order valence-electron chi connectivity index (χ2n) is 6.49. The molecule has 2 aromatic heterocycles. The molecule has 26 heavy (non-hydrogen) atoms. The van der Waals surface area contributed by atoms with Crippen LogP contribution in [0.2, 0.25) is 0 Å². The first kappa shape index (κ1) is 16.3. The third kappa shape index (κ3) is 3.15. The molecule has 2 heterocycles. The third-order valence-electron chi connectivity index (χ3n) is 4.67. The average molecular weight is 349 g/mol. The van der Waals surface area contributed by atoms with Crippen LogP contribution in [0.15, 0.2) is 53.6 Å². The summed E-state index contributed by atoms with van der Waals surface area (Å²) >= 11 is 0. The van der Waals surface area contributed by atoms with Crippen molar-refractivity contribution in [2.24, 2.45) is 7.05 Å². The van der Waals surface area contributed by atoms with Gasteiger partial charge in [0.15, 0.2) is 0 Å². The molecule has 0 saturated heterocycles. The van der Waals surface area contributed by atoms with E-state index in [0.29, 0.717) is 12.0 Å². The van der Waals surface area contributed by atoms with Crippen molar-refractivity contribution in [3.05, 3.63) is 76.0 Å². The Morgan fingerprint density at radius 3 is 2.96 bits per heavy atom. The molecule has 0 spiro atoms. The number of fused-ring (bicyclic) bond motifs is 1. The van der Waals surface area contributed by atoms with Gasteiger partial charge in [-0.05, 0) is 49.1 Å². The van der Waals surface area contributed by atoms with Crippen molar-refractivity contribution in [1.29, 1.82) is 0 Å². The predicted molar refractivity (Wildman–Crippen MR) is 96.3 cm³/mol. The maximum Gasteiger partial charge on any atom is 0.266 e. The molecule has 0 saturated carbocycles. The number of hydrogen-bond donors (Lipinski definition) is 1. The van der Waals surface area contributed by atoms with E-state index in [-0.39, 0.29) is 17.5 Å². The van der Waals surface area contributed by atoms with Gasteiger partial charge in [-0.2, -0.15) is 10.2 Å². The zero-order valence-corrected chi connectivity index (χ0v) is 14.4. The van der Waals surface area contributed by atoms with Crippen molar-refractivity contribution in [1.82, 2.24) is 24.9 Å². The Kier molecular flexibility index (Phi) is 4.12. The van der Waals surface area contributed by atoms with Gasteiger partial charge in [-0.25, -0.2) is 9.36 Å². The highest BCUT2D eigenvalue weighted by molar-refractivity contribution is 5.95. The van der Waals surface area contributed by atoms with Crippen molar-refractivity contribution in [2.75, 3.05) is 0 Å². The number of nitrogens with zero attached hydrogens (tertiary/aromatic N) is 4.